The molecule has 0 amide bonds. The number of benzene rings is 1. The molecule has 0 saturated carbocycles. The number of anilines is 1. The number of nitrogens with zero attached hydrogens (tertiary/aromatic N) is 5. The molecule has 1 fully saturated rings. The van der Waals surface area contributed by atoms with Crippen molar-refractivity contribution in [2.45, 2.75) is 45.6 Å². The molecule has 1 aliphatic heterocycles. The molecule has 130 valence electrons. The summed E-state index contributed by atoms with van der Waals surface area (Å²) in [5, 5.41) is 9.84. The van der Waals surface area contributed by atoms with Crippen LogP contribution in [0, 0.1) is 6.92 Å². The Morgan fingerprint density at radius 2 is 2.04 bits per heavy atom. The van der Waals surface area contributed by atoms with Gasteiger partial charge >= 0.3 is 0 Å². The van der Waals surface area contributed by atoms with Crippen LogP contribution in [0.3, 0.4) is 0 Å². The zero-order valence-electron chi connectivity index (χ0n) is 15.2. The highest BCUT2D eigenvalue weighted by molar-refractivity contribution is 5.92. The fourth-order valence-electron chi connectivity index (χ4n) is 3.90. The summed E-state index contributed by atoms with van der Waals surface area (Å²) in [6.07, 6.45) is 4.21. The van der Waals surface area contributed by atoms with Crippen molar-refractivity contribution in [3.63, 3.8) is 0 Å². The van der Waals surface area contributed by atoms with E-state index in [1.807, 2.05) is 6.33 Å². The van der Waals surface area contributed by atoms with E-state index < -0.39 is 0 Å². The van der Waals surface area contributed by atoms with E-state index in [1.165, 1.54) is 23.9 Å². The van der Waals surface area contributed by atoms with Crippen molar-refractivity contribution in [2.75, 3.05) is 18.0 Å². The highest BCUT2D eigenvalue weighted by Gasteiger charge is 2.27. The number of rotatable bonds is 3. The van der Waals surface area contributed by atoms with Gasteiger partial charge in [0.15, 0.2) is 0 Å². The molecule has 4 rings (SSSR count). The zero-order chi connectivity index (χ0) is 17.4. The van der Waals surface area contributed by atoms with Crippen LogP contribution in [0.2, 0.25) is 0 Å². The Morgan fingerprint density at radius 1 is 1.20 bits per heavy atom. The first kappa shape index (κ1) is 16.1. The fourth-order valence-corrected chi connectivity index (χ4v) is 3.90. The van der Waals surface area contributed by atoms with E-state index in [1.54, 1.807) is 0 Å². The number of pyridine rings is 1. The van der Waals surface area contributed by atoms with Crippen LogP contribution in [0.4, 0.5) is 5.69 Å². The van der Waals surface area contributed by atoms with Gasteiger partial charge in [0.25, 0.3) is 0 Å². The van der Waals surface area contributed by atoms with Gasteiger partial charge in [-0.3, -0.25) is 4.98 Å². The standard InChI is InChI=1S/C20H25N5/c1-14(2)25-13-21-23-20(25)16-7-6-10-24(12-16)19-11-15(3)22-18-9-5-4-8-17(18)19/h4-5,8-9,11,13-14,16H,6-7,10,12H2,1-3H3. The number of piperidine rings is 1. The molecule has 3 heterocycles. The predicted octanol–water partition coefficient (Wildman–Crippen LogP) is 4.10. The first-order chi connectivity index (χ1) is 12.1. The molecule has 1 unspecified atom stereocenters. The van der Waals surface area contributed by atoms with E-state index in [4.69, 9.17) is 0 Å². The van der Waals surface area contributed by atoms with Crippen molar-refractivity contribution < 1.29 is 0 Å². The van der Waals surface area contributed by atoms with Crippen LogP contribution in [0.15, 0.2) is 36.7 Å². The minimum atomic E-state index is 0.393. The molecular weight excluding hydrogens is 310 g/mol. The van der Waals surface area contributed by atoms with Gasteiger partial charge < -0.3 is 9.47 Å². The SMILES string of the molecule is Cc1cc(N2CCCC(c3nncn3C(C)C)C2)c2ccccc2n1. The summed E-state index contributed by atoms with van der Waals surface area (Å²) >= 11 is 0. The molecule has 0 radical (unpaired) electrons. The van der Waals surface area contributed by atoms with Crippen molar-refractivity contribution in [1.29, 1.82) is 0 Å². The smallest absolute Gasteiger partial charge is 0.137 e. The van der Waals surface area contributed by atoms with E-state index in [0.717, 1.165) is 30.1 Å². The number of aryl methyl sites for hydroxylation is 1. The predicted molar refractivity (Wildman–Crippen MR) is 101 cm³/mol. The van der Waals surface area contributed by atoms with Gasteiger partial charge in [-0.1, -0.05) is 18.2 Å². The maximum atomic E-state index is 4.68. The lowest BCUT2D eigenvalue weighted by Gasteiger charge is -2.35. The fraction of sp³-hybridized carbons (Fsp3) is 0.450. The van der Waals surface area contributed by atoms with Gasteiger partial charge in [0, 0.05) is 41.8 Å². The van der Waals surface area contributed by atoms with Gasteiger partial charge in [-0.15, -0.1) is 10.2 Å². The molecule has 1 aromatic carbocycles. The summed E-state index contributed by atoms with van der Waals surface area (Å²) in [6.45, 7) is 8.52. The van der Waals surface area contributed by atoms with Gasteiger partial charge in [-0.2, -0.15) is 0 Å². The van der Waals surface area contributed by atoms with E-state index in [0.29, 0.717) is 12.0 Å². The molecule has 1 saturated heterocycles. The number of aromatic nitrogens is 4. The number of hydrogen-bond donors (Lipinski definition) is 0. The maximum absolute atomic E-state index is 4.68. The normalized spacial score (nSPS) is 18.2. The van der Waals surface area contributed by atoms with Gasteiger partial charge in [0.1, 0.15) is 12.2 Å². The minimum absolute atomic E-state index is 0.393. The van der Waals surface area contributed by atoms with Gasteiger partial charge in [-0.25, -0.2) is 0 Å². The third kappa shape index (κ3) is 2.99. The van der Waals surface area contributed by atoms with E-state index in [9.17, 15) is 0 Å². The summed E-state index contributed by atoms with van der Waals surface area (Å²) in [5.41, 5.74) is 3.44. The summed E-state index contributed by atoms with van der Waals surface area (Å²) in [5.74, 6) is 1.54. The number of para-hydroxylation sites is 1. The lowest BCUT2D eigenvalue weighted by molar-refractivity contribution is 0.455. The average molecular weight is 335 g/mol. The van der Waals surface area contributed by atoms with Crippen LogP contribution in [-0.4, -0.2) is 32.8 Å². The Morgan fingerprint density at radius 3 is 2.88 bits per heavy atom. The third-order valence-corrected chi connectivity index (χ3v) is 5.11. The Bertz CT molecular complexity index is 883. The second kappa shape index (κ2) is 6.47. The summed E-state index contributed by atoms with van der Waals surface area (Å²) in [6, 6.07) is 11.0. The Hall–Kier alpha value is -2.43. The molecule has 1 aliphatic rings. The highest BCUT2D eigenvalue weighted by atomic mass is 15.3. The molecule has 3 aromatic rings. The van der Waals surface area contributed by atoms with Crippen molar-refractivity contribution in [3.8, 4) is 0 Å². The maximum Gasteiger partial charge on any atom is 0.137 e. The first-order valence-corrected chi connectivity index (χ1v) is 9.14. The van der Waals surface area contributed by atoms with Crippen LogP contribution in [0.25, 0.3) is 10.9 Å². The van der Waals surface area contributed by atoms with Crippen LogP contribution < -0.4 is 4.90 Å². The minimum Gasteiger partial charge on any atom is -0.370 e. The van der Waals surface area contributed by atoms with Gasteiger partial charge in [0.2, 0.25) is 0 Å². The quantitative estimate of drug-likeness (QED) is 0.723. The molecule has 0 N–H and O–H groups in total. The molecule has 0 aliphatic carbocycles. The third-order valence-electron chi connectivity index (χ3n) is 5.11. The number of fused-ring (bicyclic) bond motifs is 1. The second-order valence-corrected chi connectivity index (χ2v) is 7.28. The van der Waals surface area contributed by atoms with Crippen LogP contribution in [0.1, 0.15) is 50.2 Å². The molecule has 0 bridgehead atoms. The summed E-state index contributed by atoms with van der Waals surface area (Å²) in [7, 11) is 0. The Kier molecular flexibility index (Phi) is 4.15. The Labute approximate surface area is 148 Å². The second-order valence-electron chi connectivity index (χ2n) is 7.28. The topological polar surface area (TPSA) is 46.8 Å². The van der Waals surface area contributed by atoms with E-state index >= 15 is 0 Å². The molecule has 1 atom stereocenters. The molecule has 5 heteroatoms. The van der Waals surface area contributed by atoms with Crippen LogP contribution in [0.5, 0.6) is 0 Å². The highest BCUT2D eigenvalue weighted by Crippen LogP contribution is 2.33. The molecule has 5 nitrogen and oxygen atoms in total. The van der Waals surface area contributed by atoms with Crippen molar-refractivity contribution in [3.05, 3.63) is 48.2 Å². The molecule has 0 spiro atoms. The molecule has 25 heavy (non-hydrogen) atoms. The zero-order valence-corrected chi connectivity index (χ0v) is 15.2. The van der Waals surface area contributed by atoms with Crippen molar-refractivity contribution in [1.82, 2.24) is 19.7 Å². The Balaban J connectivity index is 1.69. The molecule has 2 aromatic heterocycles. The summed E-state index contributed by atoms with van der Waals surface area (Å²) in [4.78, 5) is 7.19. The average Bonchev–Trinajstić information content (AvgIpc) is 3.11. The monoisotopic (exact) mass is 335 g/mol. The van der Waals surface area contributed by atoms with Crippen molar-refractivity contribution in [2.24, 2.45) is 0 Å². The largest absolute Gasteiger partial charge is 0.370 e. The van der Waals surface area contributed by atoms with Crippen LogP contribution >= 0.6 is 0 Å². The van der Waals surface area contributed by atoms with E-state index in [2.05, 4.69) is 75.8 Å². The van der Waals surface area contributed by atoms with E-state index in [-0.39, 0.29) is 0 Å². The van der Waals surface area contributed by atoms with Crippen molar-refractivity contribution >= 4 is 16.6 Å². The lowest BCUT2D eigenvalue weighted by atomic mass is 9.95. The lowest BCUT2D eigenvalue weighted by Crippen LogP contribution is -2.35. The van der Waals surface area contributed by atoms with Gasteiger partial charge in [0.05, 0.1) is 5.52 Å². The van der Waals surface area contributed by atoms with Gasteiger partial charge in [-0.05, 0) is 45.7 Å². The number of hydrogen-bond acceptors (Lipinski definition) is 4. The first-order valence-electron chi connectivity index (χ1n) is 9.14. The molecular formula is C20H25N5. The summed E-state index contributed by atoms with van der Waals surface area (Å²) < 4.78 is 2.21. The van der Waals surface area contributed by atoms with Crippen LogP contribution in [-0.2, 0) is 0 Å².